The summed E-state index contributed by atoms with van der Waals surface area (Å²) in [5, 5.41) is 6.19. The summed E-state index contributed by atoms with van der Waals surface area (Å²) in [5.41, 5.74) is 13.3. The van der Waals surface area contributed by atoms with Crippen LogP contribution in [0.3, 0.4) is 0 Å². The number of rotatable bonds is 5. The number of thioether (sulfide) groups is 1. The second-order valence-corrected chi connectivity index (χ2v) is 15.8. The van der Waals surface area contributed by atoms with Crippen LogP contribution in [0.2, 0.25) is 0 Å². The molecule has 0 bridgehead atoms. The van der Waals surface area contributed by atoms with Crippen molar-refractivity contribution in [1.29, 1.82) is 0 Å². The maximum absolute atomic E-state index is 5.10. The highest BCUT2D eigenvalue weighted by Gasteiger charge is 2.47. The third-order valence-electron chi connectivity index (χ3n) is 11.0. The molecule has 0 unspecified atom stereocenters. The Kier molecular flexibility index (Phi) is 7.13. The molecule has 1 aliphatic carbocycles. The summed E-state index contributed by atoms with van der Waals surface area (Å²) >= 11 is 1.87. The third kappa shape index (κ3) is 4.82. The van der Waals surface area contributed by atoms with Gasteiger partial charge in [0.25, 0.3) is 0 Å². The average molecular weight is 684 g/mol. The molecule has 0 N–H and O–H groups in total. The van der Waals surface area contributed by atoms with Crippen LogP contribution in [0.1, 0.15) is 41.7 Å². The normalized spacial score (nSPS) is 15.4. The van der Waals surface area contributed by atoms with E-state index < -0.39 is 5.41 Å². The minimum atomic E-state index is -0.536. The van der Waals surface area contributed by atoms with Gasteiger partial charge >= 0.3 is 0 Å². The lowest BCUT2D eigenvalue weighted by Crippen LogP contribution is -2.28. The Labute approximate surface area is 309 Å². The van der Waals surface area contributed by atoms with E-state index in [2.05, 4.69) is 190 Å². The molecule has 0 saturated heterocycles. The zero-order valence-electron chi connectivity index (χ0n) is 29.3. The second-order valence-electron chi connectivity index (χ2n) is 14.8. The van der Waals surface area contributed by atoms with Gasteiger partial charge in [0.15, 0.2) is 0 Å². The molecule has 248 valence electrons. The quantitative estimate of drug-likeness (QED) is 0.176. The number of hydrogen-bond donors (Lipinski definition) is 0. The summed E-state index contributed by atoms with van der Waals surface area (Å²) < 4.78 is 0. The first-order valence-corrected chi connectivity index (χ1v) is 19.1. The van der Waals surface area contributed by atoms with E-state index in [0.29, 0.717) is 0 Å². The van der Waals surface area contributed by atoms with Gasteiger partial charge in [-0.05, 0) is 115 Å². The molecule has 0 atom stereocenters. The first-order valence-electron chi connectivity index (χ1n) is 18.1. The SMILES string of the molecule is CC1(C)CSC(c2cccc(-c3cc4c(c5ccccc35)-c3ccc(-c5ccc6ccccc6c5)cc3C4(c3ccccc3)c3ccccc3)c2)=N1. The van der Waals surface area contributed by atoms with Crippen molar-refractivity contribution in [2.45, 2.75) is 24.8 Å². The molecule has 2 heteroatoms. The van der Waals surface area contributed by atoms with Gasteiger partial charge in [0.05, 0.1) is 16.0 Å². The van der Waals surface area contributed by atoms with Gasteiger partial charge in [-0.1, -0.05) is 152 Å². The standard InChI is InChI=1S/C50H37NS/c1-49(2)32-52-48(51-49)38-17-13-16-37(29-38)44-31-46-47(42-23-12-11-22-41(42)44)43-27-26-36(35-25-24-33-14-9-10-15-34(33)28-35)30-45(43)50(46,39-18-5-3-6-19-39)40-20-7-4-8-21-40/h3-31H,32H2,1-2H3. The van der Waals surface area contributed by atoms with Crippen LogP contribution in [0.15, 0.2) is 181 Å². The van der Waals surface area contributed by atoms with E-state index >= 15 is 0 Å². The van der Waals surface area contributed by atoms with E-state index in [1.54, 1.807) is 0 Å². The monoisotopic (exact) mass is 683 g/mol. The number of fused-ring (bicyclic) bond motifs is 6. The van der Waals surface area contributed by atoms with E-state index in [9.17, 15) is 0 Å². The molecule has 0 amide bonds. The summed E-state index contributed by atoms with van der Waals surface area (Å²) in [6.07, 6.45) is 0. The van der Waals surface area contributed by atoms with Gasteiger partial charge in [0, 0.05) is 11.3 Å². The molecular weight excluding hydrogens is 647 g/mol. The Morgan fingerprint density at radius 3 is 1.83 bits per heavy atom. The van der Waals surface area contributed by atoms with Gasteiger partial charge in [-0.3, -0.25) is 4.99 Å². The highest BCUT2D eigenvalue weighted by Crippen LogP contribution is 2.59. The van der Waals surface area contributed by atoms with Crippen LogP contribution in [-0.2, 0) is 5.41 Å². The van der Waals surface area contributed by atoms with E-state index in [1.165, 1.54) is 82.7 Å². The number of hydrogen-bond acceptors (Lipinski definition) is 2. The van der Waals surface area contributed by atoms with Crippen LogP contribution in [-0.4, -0.2) is 16.3 Å². The molecule has 0 fully saturated rings. The molecule has 2 aliphatic rings. The lowest BCUT2D eigenvalue weighted by Gasteiger charge is -2.34. The second kappa shape index (κ2) is 11.9. The highest BCUT2D eigenvalue weighted by molar-refractivity contribution is 8.14. The van der Waals surface area contributed by atoms with Gasteiger partial charge in [-0.25, -0.2) is 0 Å². The first-order chi connectivity index (χ1) is 25.5. The van der Waals surface area contributed by atoms with Gasteiger partial charge in [-0.2, -0.15) is 0 Å². The van der Waals surface area contributed by atoms with Crippen molar-refractivity contribution in [3.63, 3.8) is 0 Å². The van der Waals surface area contributed by atoms with Crippen LogP contribution in [0.4, 0.5) is 0 Å². The minimum absolute atomic E-state index is 0.0429. The molecule has 8 aromatic carbocycles. The number of aliphatic imine (C=N–C) groups is 1. The Hall–Kier alpha value is -5.70. The Balaban J connectivity index is 1.29. The van der Waals surface area contributed by atoms with Crippen molar-refractivity contribution < 1.29 is 0 Å². The Bertz CT molecular complexity index is 2670. The Morgan fingerprint density at radius 2 is 1.10 bits per heavy atom. The summed E-state index contributed by atoms with van der Waals surface area (Å²) in [6, 6.07) is 65.6. The maximum atomic E-state index is 5.10. The highest BCUT2D eigenvalue weighted by atomic mass is 32.2. The van der Waals surface area contributed by atoms with Crippen LogP contribution < -0.4 is 0 Å². The van der Waals surface area contributed by atoms with Crippen LogP contribution >= 0.6 is 11.8 Å². The summed E-state index contributed by atoms with van der Waals surface area (Å²) in [4.78, 5) is 5.10. The van der Waals surface area contributed by atoms with Crippen LogP contribution in [0, 0.1) is 0 Å². The van der Waals surface area contributed by atoms with Crippen molar-refractivity contribution in [3.05, 3.63) is 204 Å². The molecule has 52 heavy (non-hydrogen) atoms. The number of nitrogens with zero attached hydrogens (tertiary/aromatic N) is 1. The fourth-order valence-electron chi connectivity index (χ4n) is 8.68. The molecule has 0 aromatic heterocycles. The fraction of sp³-hybridized carbons (Fsp3) is 0.100. The van der Waals surface area contributed by atoms with E-state index in [0.717, 1.165) is 10.8 Å². The van der Waals surface area contributed by atoms with Crippen molar-refractivity contribution in [3.8, 4) is 33.4 Å². The van der Waals surface area contributed by atoms with Crippen LogP contribution in [0.25, 0.3) is 54.9 Å². The van der Waals surface area contributed by atoms with E-state index in [4.69, 9.17) is 4.99 Å². The zero-order valence-corrected chi connectivity index (χ0v) is 30.1. The molecule has 1 heterocycles. The first kappa shape index (κ1) is 31.1. The summed E-state index contributed by atoms with van der Waals surface area (Å²) in [6.45, 7) is 4.45. The predicted octanol–water partition coefficient (Wildman–Crippen LogP) is 13.0. The third-order valence-corrected chi connectivity index (χ3v) is 12.5. The zero-order chi connectivity index (χ0) is 34.9. The predicted molar refractivity (Wildman–Crippen MR) is 223 cm³/mol. The smallest absolute Gasteiger partial charge is 0.0984 e. The average Bonchev–Trinajstić information content (AvgIpc) is 3.72. The van der Waals surface area contributed by atoms with Gasteiger partial charge in [0.1, 0.15) is 0 Å². The molecule has 0 saturated carbocycles. The lowest BCUT2D eigenvalue weighted by molar-refractivity contribution is 0.605. The lowest BCUT2D eigenvalue weighted by atomic mass is 9.67. The van der Waals surface area contributed by atoms with E-state index in [-0.39, 0.29) is 5.54 Å². The van der Waals surface area contributed by atoms with Crippen LogP contribution in [0.5, 0.6) is 0 Å². The topological polar surface area (TPSA) is 12.4 Å². The minimum Gasteiger partial charge on any atom is -0.271 e. The molecule has 0 spiro atoms. The van der Waals surface area contributed by atoms with Crippen molar-refractivity contribution in [2.75, 3.05) is 5.75 Å². The van der Waals surface area contributed by atoms with Gasteiger partial charge in [-0.15, -0.1) is 11.8 Å². The summed E-state index contributed by atoms with van der Waals surface area (Å²) in [5.74, 6) is 1.00. The number of benzene rings is 8. The molecule has 8 aromatic rings. The van der Waals surface area contributed by atoms with E-state index in [1.807, 2.05) is 11.8 Å². The van der Waals surface area contributed by atoms with Crippen molar-refractivity contribution >= 4 is 38.4 Å². The largest absolute Gasteiger partial charge is 0.271 e. The Morgan fingerprint density at radius 1 is 0.462 bits per heavy atom. The summed E-state index contributed by atoms with van der Waals surface area (Å²) in [7, 11) is 0. The molecule has 0 radical (unpaired) electrons. The van der Waals surface area contributed by atoms with Crippen molar-refractivity contribution in [1.82, 2.24) is 0 Å². The fourth-order valence-corrected chi connectivity index (χ4v) is 9.84. The molecule has 1 nitrogen and oxygen atoms in total. The van der Waals surface area contributed by atoms with Crippen molar-refractivity contribution in [2.24, 2.45) is 4.99 Å². The van der Waals surface area contributed by atoms with Gasteiger partial charge in [0.2, 0.25) is 0 Å². The maximum Gasteiger partial charge on any atom is 0.0984 e. The van der Waals surface area contributed by atoms with Gasteiger partial charge < -0.3 is 0 Å². The molecule has 1 aliphatic heterocycles. The molecule has 10 rings (SSSR count). The molecular formula is C50H37NS.